The highest BCUT2D eigenvalue weighted by Crippen LogP contribution is 2.37. The van der Waals surface area contributed by atoms with E-state index in [1.807, 2.05) is 0 Å². The van der Waals surface area contributed by atoms with E-state index in [4.69, 9.17) is 13.9 Å². The van der Waals surface area contributed by atoms with Crippen molar-refractivity contribution >= 4 is 18.0 Å². The number of benzene rings is 1. The number of oxazole rings is 1. The molecule has 0 spiro atoms. The number of hydrogen-bond donors (Lipinski definition) is 2. The first kappa shape index (κ1) is 29.1. The molecule has 40 heavy (non-hydrogen) atoms. The number of likely N-dealkylation sites (tertiary alicyclic amines) is 1. The number of alkyl carbamates (subject to hydrolysis) is 1. The Hall–Kier alpha value is -3.90. The van der Waals surface area contributed by atoms with E-state index in [1.54, 1.807) is 27.7 Å². The quantitative estimate of drug-likeness (QED) is 0.407. The van der Waals surface area contributed by atoms with E-state index in [1.165, 1.54) is 23.1 Å². The molecule has 13 heteroatoms. The SMILES string of the molecule is C[C@H](NC(=O)OC(C)(C)C)c1oc(-c2ccc(OC(F)F)c(OCC3CC3)c2)nc1C(=O)N1CCC[C@H]1C(=O)O. The number of carboxylic acid groups (broad SMARTS) is 1. The highest BCUT2D eigenvalue weighted by molar-refractivity contribution is 5.97. The van der Waals surface area contributed by atoms with E-state index in [9.17, 15) is 28.3 Å². The molecule has 218 valence electrons. The summed E-state index contributed by atoms with van der Waals surface area (Å²) in [7, 11) is 0. The molecule has 1 aromatic heterocycles. The number of nitrogens with zero attached hydrogens (tertiary/aromatic N) is 2. The summed E-state index contributed by atoms with van der Waals surface area (Å²) in [5, 5.41) is 12.2. The van der Waals surface area contributed by atoms with Gasteiger partial charge in [-0.25, -0.2) is 14.6 Å². The third-order valence-corrected chi connectivity index (χ3v) is 6.36. The van der Waals surface area contributed by atoms with Crippen molar-refractivity contribution in [3.8, 4) is 23.0 Å². The molecular weight excluding hydrogens is 532 g/mol. The van der Waals surface area contributed by atoms with Crippen molar-refractivity contribution in [3.63, 3.8) is 0 Å². The predicted octanol–water partition coefficient (Wildman–Crippen LogP) is 5.01. The summed E-state index contributed by atoms with van der Waals surface area (Å²) < 4.78 is 47.5. The number of aliphatic carboxylic acids is 1. The van der Waals surface area contributed by atoms with E-state index in [0.717, 1.165) is 12.8 Å². The fourth-order valence-electron chi connectivity index (χ4n) is 4.29. The van der Waals surface area contributed by atoms with Gasteiger partial charge in [0.05, 0.1) is 12.6 Å². The molecule has 1 aromatic carbocycles. The second-order valence-electron chi connectivity index (χ2n) is 10.9. The first-order chi connectivity index (χ1) is 18.8. The van der Waals surface area contributed by atoms with Crippen LogP contribution in [0.25, 0.3) is 11.5 Å². The first-order valence-corrected chi connectivity index (χ1v) is 13.1. The van der Waals surface area contributed by atoms with Crippen LogP contribution in [-0.4, -0.2) is 64.4 Å². The van der Waals surface area contributed by atoms with Gasteiger partial charge in [0.25, 0.3) is 5.91 Å². The molecule has 0 unspecified atom stereocenters. The Balaban J connectivity index is 1.70. The van der Waals surface area contributed by atoms with Gasteiger partial charge in [0, 0.05) is 12.1 Å². The van der Waals surface area contributed by atoms with E-state index in [-0.39, 0.29) is 35.4 Å². The van der Waals surface area contributed by atoms with Crippen LogP contribution in [0.5, 0.6) is 11.5 Å². The Morgan fingerprint density at radius 1 is 1.20 bits per heavy atom. The lowest BCUT2D eigenvalue weighted by atomic mass is 10.1. The van der Waals surface area contributed by atoms with Gasteiger partial charge in [0.1, 0.15) is 11.6 Å². The summed E-state index contributed by atoms with van der Waals surface area (Å²) in [6.45, 7) is 4.13. The second-order valence-corrected chi connectivity index (χ2v) is 10.9. The molecule has 2 fully saturated rings. The second kappa shape index (κ2) is 11.7. The van der Waals surface area contributed by atoms with Crippen molar-refractivity contribution < 1.29 is 46.9 Å². The number of amides is 2. The molecule has 4 rings (SSSR count). The zero-order valence-corrected chi connectivity index (χ0v) is 22.7. The van der Waals surface area contributed by atoms with Crippen LogP contribution in [0.1, 0.15) is 75.7 Å². The van der Waals surface area contributed by atoms with Gasteiger partial charge in [-0.05, 0) is 77.5 Å². The number of carbonyl (C=O) groups excluding carboxylic acids is 2. The van der Waals surface area contributed by atoms with Crippen LogP contribution < -0.4 is 14.8 Å². The van der Waals surface area contributed by atoms with Crippen LogP contribution in [0.4, 0.5) is 13.6 Å². The minimum atomic E-state index is -3.06. The number of hydrogen-bond acceptors (Lipinski definition) is 8. The van der Waals surface area contributed by atoms with Gasteiger partial charge >= 0.3 is 18.7 Å². The highest BCUT2D eigenvalue weighted by atomic mass is 19.3. The first-order valence-electron chi connectivity index (χ1n) is 13.1. The number of nitrogens with one attached hydrogen (secondary N) is 1. The van der Waals surface area contributed by atoms with Crippen molar-refractivity contribution in [3.05, 3.63) is 29.7 Å². The van der Waals surface area contributed by atoms with Gasteiger partial charge in [-0.15, -0.1) is 0 Å². The van der Waals surface area contributed by atoms with Crippen LogP contribution in [0.3, 0.4) is 0 Å². The standard InChI is InChI=1S/C27H33F2N3O8/c1-14(30-26(36)40-27(2,3)4)21-20(23(33)32-11-5-6-17(32)24(34)35)31-22(39-21)16-9-10-18(38-25(28)29)19(12-16)37-13-15-7-8-15/h9-10,12,14-15,17,25H,5-8,11,13H2,1-4H3,(H,30,36)(H,34,35)/t14-,17-/m0/s1. The third-order valence-electron chi connectivity index (χ3n) is 6.36. The summed E-state index contributed by atoms with van der Waals surface area (Å²) >= 11 is 0. The average Bonchev–Trinajstić information content (AvgIpc) is 3.35. The number of carbonyl (C=O) groups is 3. The summed E-state index contributed by atoms with van der Waals surface area (Å²) in [5.74, 6) is -1.65. The fourth-order valence-corrected chi connectivity index (χ4v) is 4.29. The van der Waals surface area contributed by atoms with Crippen molar-refractivity contribution in [1.29, 1.82) is 0 Å². The maximum atomic E-state index is 13.5. The lowest BCUT2D eigenvalue weighted by Crippen LogP contribution is -2.41. The number of alkyl halides is 2. The molecule has 2 atom stereocenters. The molecule has 11 nitrogen and oxygen atoms in total. The number of aromatic nitrogens is 1. The summed E-state index contributed by atoms with van der Waals surface area (Å²) in [4.78, 5) is 43.3. The predicted molar refractivity (Wildman–Crippen MR) is 136 cm³/mol. The third kappa shape index (κ3) is 7.19. The molecular formula is C27H33F2N3O8. The molecule has 2 aromatic rings. The summed E-state index contributed by atoms with van der Waals surface area (Å²) in [5.41, 5.74) is -0.661. The fraction of sp³-hybridized carbons (Fsp3) is 0.556. The Morgan fingerprint density at radius 3 is 2.55 bits per heavy atom. The van der Waals surface area contributed by atoms with Crippen molar-refractivity contribution in [1.82, 2.24) is 15.2 Å². The zero-order chi connectivity index (χ0) is 29.2. The van der Waals surface area contributed by atoms with E-state index < -0.39 is 42.3 Å². The molecule has 2 N–H and O–H groups in total. The van der Waals surface area contributed by atoms with Crippen LogP contribution in [0, 0.1) is 5.92 Å². The van der Waals surface area contributed by atoms with Gasteiger partial charge in [-0.2, -0.15) is 8.78 Å². The van der Waals surface area contributed by atoms with Gasteiger partial charge in [-0.1, -0.05) is 0 Å². The van der Waals surface area contributed by atoms with Crippen molar-refractivity contribution in [2.45, 2.75) is 77.7 Å². The minimum Gasteiger partial charge on any atom is -0.489 e. The Morgan fingerprint density at radius 2 is 1.93 bits per heavy atom. The highest BCUT2D eigenvalue weighted by Gasteiger charge is 2.38. The average molecular weight is 566 g/mol. The summed E-state index contributed by atoms with van der Waals surface area (Å²) in [6.07, 6.45) is 2.00. The summed E-state index contributed by atoms with van der Waals surface area (Å²) in [6, 6.07) is 2.22. The Kier molecular flexibility index (Phi) is 8.50. The van der Waals surface area contributed by atoms with Crippen molar-refractivity contribution in [2.75, 3.05) is 13.2 Å². The smallest absolute Gasteiger partial charge is 0.408 e. The van der Waals surface area contributed by atoms with Crippen LogP contribution in [0.15, 0.2) is 22.6 Å². The number of rotatable bonds is 10. The van der Waals surface area contributed by atoms with Gasteiger partial charge in [-0.3, -0.25) is 4.79 Å². The zero-order valence-electron chi connectivity index (χ0n) is 22.7. The molecule has 0 bridgehead atoms. The van der Waals surface area contributed by atoms with Crippen LogP contribution in [-0.2, 0) is 9.53 Å². The van der Waals surface area contributed by atoms with E-state index in [0.29, 0.717) is 30.9 Å². The lowest BCUT2D eigenvalue weighted by molar-refractivity contribution is -0.141. The normalized spacial score (nSPS) is 18.0. The molecule has 2 heterocycles. The number of carboxylic acids is 1. The maximum Gasteiger partial charge on any atom is 0.408 e. The molecule has 2 aliphatic rings. The monoisotopic (exact) mass is 565 g/mol. The van der Waals surface area contributed by atoms with Crippen LogP contribution in [0.2, 0.25) is 0 Å². The van der Waals surface area contributed by atoms with E-state index in [2.05, 4.69) is 15.0 Å². The van der Waals surface area contributed by atoms with Gasteiger partial charge in [0.2, 0.25) is 5.89 Å². The van der Waals surface area contributed by atoms with E-state index >= 15 is 0 Å². The largest absolute Gasteiger partial charge is 0.489 e. The molecule has 1 saturated heterocycles. The molecule has 1 aliphatic carbocycles. The van der Waals surface area contributed by atoms with Gasteiger partial charge < -0.3 is 34.0 Å². The Bertz CT molecular complexity index is 1250. The lowest BCUT2D eigenvalue weighted by Gasteiger charge is -2.23. The van der Waals surface area contributed by atoms with Crippen molar-refractivity contribution in [2.24, 2.45) is 5.92 Å². The molecule has 1 aliphatic heterocycles. The minimum absolute atomic E-state index is 0.0183. The molecule has 0 radical (unpaired) electrons. The maximum absolute atomic E-state index is 13.5. The number of halogens is 2. The van der Waals surface area contributed by atoms with Crippen LogP contribution >= 0.6 is 0 Å². The molecule has 1 saturated carbocycles. The van der Waals surface area contributed by atoms with Gasteiger partial charge in [0.15, 0.2) is 23.0 Å². The molecule has 2 amide bonds. The Labute approximate surface area is 229 Å². The topological polar surface area (TPSA) is 140 Å². The number of ether oxygens (including phenoxy) is 3.